The van der Waals surface area contributed by atoms with Crippen molar-refractivity contribution in [3.05, 3.63) is 53.3 Å². The summed E-state index contributed by atoms with van der Waals surface area (Å²) in [5, 5.41) is 10.8. The molecule has 2 aromatic rings. The number of halogens is 1. The fraction of sp³-hybridized carbons (Fsp3) is 0.200. The van der Waals surface area contributed by atoms with Crippen molar-refractivity contribution in [1.82, 2.24) is 0 Å². The number of benzene rings is 2. The van der Waals surface area contributed by atoms with Crippen LogP contribution < -0.4 is 15.6 Å². The van der Waals surface area contributed by atoms with E-state index >= 15 is 0 Å². The van der Waals surface area contributed by atoms with Crippen LogP contribution in [0.25, 0.3) is 0 Å². The summed E-state index contributed by atoms with van der Waals surface area (Å²) >= 11 is 0. The number of rotatable bonds is 4. The maximum Gasteiger partial charge on any atom is 0.171 e. The number of phenolic OH excluding ortho intramolecular Hbond substituents is 1. The van der Waals surface area contributed by atoms with Gasteiger partial charge in [0.2, 0.25) is 0 Å². The molecule has 5 heteroatoms. The molecule has 0 aliphatic heterocycles. The van der Waals surface area contributed by atoms with Crippen molar-refractivity contribution in [2.24, 2.45) is 5.84 Å². The fourth-order valence-corrected chi connectivity index (χ4v) is 1.94. The van der Waals surface area contributed by atoms with Crippen molar-refractivity contribution in [3.8, 4) is 11.5 Å². The molecule has 106 valence electrons. The van der Waals surface area contributed by atoms with Gasteiger partial charge in [-0.1, -0.05) is 18.2 Å². The Morgan fingerprint density at radius 3 is 2.65 bits per heavy atom. The number of nitrogens with zero attached hydrogens (tertiary/aromatic N) is 1. The van der Waals surface area contributed by atoms with E-state index in [1.807, 2.05) is 24.3 Å². The number of phenols is 1. The van der Waals surface area contributed by atoms with Gasteiger partial charge in [-0.15, -0.1) is 0 Å². The Bertz CT molecular complexity index is 615. The highest BCUT2D eigenvalue weighted by molar-refractivity contribution is 5.51. The molecule has 0 aliphatic carbocycles. The smallest absolute Gasteiger partial charge is 0.171 e. The number of aromatic hydroxyl groups is 1. The Morgan fingerprint density at radius 1 is 1.25 bits per heavy atom. The average molecular weight is 276 g/mol. The van der Waals surface area contributed by atoms with Gasteiger partial charge in [0.25, 0.3) is 0 Å². The second-order valence-electron chi connectivity index (χ2n) is 4.55. The first kappa shape index (κ1) is 14.1. The van der Waals surface area contributed by atoms with E-state index in [-0.39, 0.29) is 17.9 Å². The zero-order valence-electron chi connectivity index (χ0n) is 11.4. The first-order valence-corrected chi connectivity index (χ1v) is 6.18. The second-order valence-corrected chi connectivity index (χ2v) is 4.55. The summed E-state index contributed by atoms with van der Waals surface area (Å²) in [5.41, 5.74) is 2.01. The first-order valence-electron chi connectivity index (χ1n) is 6.18. The van der Waals surface area contributed by atoms with Crippen molar-refractivity contribution in [3.63, 3.8) is 0 Å². The molecule has 20 heavy (non-hydrogen) atoms. The lowest BCUT2D eigenvalue weighted by molar-refractivity contribution is 0.300. The van der Waals surface area contributed by atoms with Crippen LogP contribution in [0, 0.1) is 12.7 Å². The molecule has 0 aromatic heterocycles. The summed E-state index contributed by atoms with van der Waals surface area (Å²) in [4.78, 5) is 0. The van der Waals surface area contributed by atoms with Gasteiger partial charge >= 0.3 is 0 Å². The van der Waals surface area contributed by atoms with Gasteiger partial charge in [-0.25, -0.2) is 10.2 Å². The molecule has 4 nitrogen and oxygen atoms in total. The minimum atomic E-state index is -0.660. The van der Waals surface area contributed by atoms with Crippen LogP contribution in [0.1, 0.15) is 11.1 Å². The van der Waals surface area contributed by atoms with Crippen LogP contribution in [-0.4, -0.2) is 12.2 Å². The van der Waals surface area contributed by atoms with E-state index in [0.717, 1.165) is 11.3 Å². The van der Waals surface area contributed by atoms with Crippen molar-refractivity contribution >= 4 is 5.69 Å². The molecule has 3 N–H and O–H groups in total. The fourth-order valence-electron chi connectivity index (χ4n) is 1.94. The lowest BCUT2D eigenvalue weighted by Gasteiger charge is -2.17. The van der Waals surface area contributed by atoms with Crippen molar-refractivity contribution in [1.29, 1.82) is 0 Å². The molecule has 0 fully saturated rings. The van der Waals surface area contributed by atoms with Crippen molar-refractivity contribution in [2.75, 3.05) is 12.1 Å². The van der Waals surface area contributed by atoms with Crippen LogP contribution >= 0.6 is 0 Å². The Kier molecular flexibility index (Phi) is 4.10. The lowest BCUT2D eigenvalue weighted by Crippen LogP contribution is -2.26. The number of hydrogen-bond acceptors (Lipinski definition) is 4. The van der Waals surface area contributed by atoms with Gasteiger partial charge in [0, 0.05) is 18.2 Å². The molecule has 0 heterocycles. The molecule has 0 aliphatic rings. The Balaban J connectivity index is 2.20. The molecule has 2 aromatic carbocycles. The van der Waals surface area contributed by atoms with Gasteiger partial charge in [0.1, 0.15) is 12.4 Å². The van der Waals surface area contributed by atoms with E-state index in [2.05, 4.69) is 0 Å². The highest BCUT2D eigenvalue weighted by Crippen LogP contribution is 2.28. The Morgan fingerprint density at radius 2 is 1.95 bits per heavy atom. The number of ether oxygens (including phenoxy) is 1. The topological polar surface area (TPSA) is 58.7 Å². The third kappa shape index (κ3) is 2.83. The highest BCUT2D eigenvalue weighted by Gasteiger charge is 2.11. The second kappa shape index (κ2) is 5.79. The SMILES string of the molecule is Cc1c(OCc2ccccc2N(C)N)ccc(O)c1F. The molecule has 0 saturated carbocycles. The van der Waals surface area contributed by atoms with E-state index < -0.39 is 5.82 Å². The van der Waals surface area contributed by atoms with Crippen LogP contribution in [-0.2, 0) is 6.61 Å². The van der Waals surface area contributed by atoms with Crippen LogP contribution in [0.2, 0.25) is 0 Å². The summed E-state index contributed by atoms with van der Waals surface area (Å²) in [6.07, 6.45) is 0. The van der Waals surface area contributed by atoms with Crippen LogP contribution in [0.15, 0.2) is 36.4 Å². The van der Waals surface area contributed by atoms with Crippen molar-refractivity contribution < 1.29 is 14.2 Å². The maximum absolute atomic E-state index is 13.6. The van der Waals surface area contributed by atoms with Crippen LogP contribution in [0.5, 0.6) is 11.5 Å². The van der Waals surface area contributed by atoms with E-state index in [9.17, 15) is 9.50 Å². The number of nitrogens with two attached hydrogens (primary N) is 1. The number of anilines is 1. The standard InChI is InChI=1S/C15H17FN2O2/c1-10-14(8-7-13(19)15(10)16)20-9-11-5-3-4-6-12(11)18(2)17/h3-8,19H,9,17H2,1-2H3. The third-order valence-electron chi connectivity index (χ3n) is 3.07. The van der Waals surface area contributed by atoms with Crippen LogP contribution in [0.4, 0.5) is 10.1 Å². The van der Waals surface area contributed by atoms with Crippen LogP contribution in [0.3, 0.4) is 0 Å². The minimum absolute atomic E-state index is 0.267. The maximum atomic E-state index is 13.6. The molecule has 2 rings (SSSR count). The summed E-state index contributed by atoms with van der Waals surface area (Å²) in [6.45, 7) is 1.83. The molecule has 0 atom stereocenters. The van der Waals surface area contributed by atoms with Gasteiger partial charge in [-0.2, -0.15) is 0 Å². The molecule has 0 bridgehead atoms. The van der Waals surface area contributed by atoms with E-state index in [1.165, 1.54) is 11.1 Å². The van der Waals surface area contributed by atoms with Crippen molar-refractivity contribution in [2.45, 2.75) is 13.5 Å². The average Bonchev–Trinajstić information content (AvgIpc) is 2.44. The monoisotopic (exact) mass is 276 g/mol. The molecular formula is C15H17FN2O2. The van der Waals surface area contributed by atoms with Gasteiger partial charge < -0.3 is 14.9 Å². The largest absolute Gasteiger partial charge is 0.505 e. The Labute approximate surface area is 117 Å². The summed E-state index contributed by atoms with van der Waals surface area (Å²) in [5.74, 6) is 5.10. The predicted molar refractivity (Wildman–Crippen MR) is 76.2 cm³/mol. The number of para-hydroxylation sites is 1. The third-order valence-corrected chi connectivity index (χ3v) is 3.07. The molecular weight excluding hydrogens is 259 g/mol. The van der Waals surface area contributed by atoms with Gasteiger partial charge in [-0.05, 0) is 25.1 Å². The van der Waals surface area contributed by atoms with E-state index in [1.54, 1.807) is 20.0 Å². The minimum Gasteiger partial charge on any atom is -0.505 e. The predicted octanol–water partition coefficient (Wildman–Crippen LogP) is 2.73. The summed E-state index contributed by atoms with van der Waals surface area (Å²) in [7, 11) is 1.74. The molecule has 0 radical (unpaired) electrons. The lowest BCUT2D eigenvalue weighted by atomic mass is 10.1. The number of hydrogen-bond donors (Lipinski definition) is 2. The zero-order chi connectivity index (χ0) is 14.7. The zero-order valence-corrected chi connectivity index (χ0v) is 11.4. The summed E-state index contributed by atoms with van der Waals surface area (Å²) < 4.78 is 19.2. The highest BCUT2D eigenvalue weighted by atomic mass is 19.1. The quantitative estimate of drug-likeness (QED) is 0.666. The van der Waals surface area contributed by atoms with Gasteiger partial charge in [0.05, 0.1) is 5.69 Å². The summed E-state index contributed by atoms with van der Waals surface area (Å²) in [6, 6.07) is 10.4. The Hall–Kier alpha value is -2.27. The van der Waals surface area contributed by atoms with Gasteiger partial charge in [0.15, 0.2) is 11.6 Å². The normalized spacial score (nSPS) is 10.4. The molecule has 0 spiro atoms. The molecule has 0 amide bonds. The molecule has 0 unspecified atom stereocenters. The van der Waals surface area contributed by atoms with E-state index in [0.29, 0.717) is 5.75 Å². The van der Waals surface area contributed by atoms with E-state index in [4.69, 9.17) is 10.6 Å². The molecule has 0 saturated heterocycles. The first-order chi connectivity index (χ1) is 9.50. The van der Waals surface area contributed by atoms with Gasteiger partial charge in [-0.3, -0.25) is 0 Å². The number of hydrazine groups is 1.